The number of carbonyl (C=O) groups is 1. The molecule has 0 aliphatic heterocycles. The molecule has 0 spiro atoms. The van der Waals surface area contributed by atoms with Crippen molar-refractivity contribution in [2.24, 2.45) is 5.73 Å². The van der Waals surface area contributed by atoms with Gasteiger partial charge in [0.1, 0.15) is 10.6 Å². The van der Waals surface area contributed by atoms with Crippen LogP contribution in [-0.2, 0) is 15.4 Å². The number of sulfonamides is 1. The van der Waals surface area contributed by atoms with Gasteiger partial charge in [0.2, 0.25) is 0 Å². The van der Waals surface area contributed by atoms with E-state index < -0.39 is 15.9 Å². The molecule has 6 nitrogen and oxygen atoms in total. The first-order valence-electron chi connectivity index (χ1n) is 8.25. The van der Waals surface area contributed by atoms with Gasteiger partial charge in [0, 0.05) is 0 Å². The Kier molecular flexibility index (Phi) is 5.61. The zero-order chi connectivity index (χ0) is 19.5. The fourth-order valence-corrected chi connectivity index (χ4v) is 3.70. The van der Waals surface area contributed by atoms with Gasteiger partial charge in [-0.1, -0.05) is 39.0 Å². The zero-order valence-corrected chi connectivity index (χ0v) is 16.2. The van der Waals surface area contributed by atoms with Crippen LogP contribution in [0, 0.1) is 0 Å². The Labute approximate surface area is 154 Å². The number of anilines is 1. The van der Waals surface area contributed by atoms with Crippen LogP contribution in [0.3, 0.4) is 0 Å². The number of nitrogens with one attached hydrogen (secondary N) is 1. The Morgan fingerprint density at radius 1 is 1.15 bits per heavy atom. The molecule has 0 atom stereocenters. The van der Waals surface area contributed by atoms with Crippen LogP contribution in [0.25, 0.3) is 0 Å². The van der Waals surface area contributed by atoms with E-state index in [1.165, 1.54) is 12.1 Å². The summed E-state index contributed by atoms with van der Waals surface area (Å²) >= 11 is 0. The topological polar surface area (TPSA) is 98.5 Å². The number of ether oxygens (including phenoxy) is 1. The van der Waals surface area contributed by atoms with Gasteiger partial charge in [-0.25, -0.2) is 8.42 Å². The first-order valence-corrected chi connectivity index (χ1v) is 9.73. The van der Waals surface area contributed by atoms with Crippen LogP contribution < -0.4 is 15.2 Å². The maximum Gasteiger partial charge on any atom is 0.265 e. The molecule has 0 unspecified atom stereocenters. The average molecular weight is 376 g/mol. The van der Waals surface area contributed by atoms with Crippen molar-refractivity contribution in [2.75, 3.05) is 11.3 Å². The van der Waals surface area contributed by atoms with Crippen LogP contribution in [0.15, 0.2) is 47.4 Å². The number of primary amides is 1. The van der Waals surface area contributed by atoms with E-state index in [-0.39, 0.29) is 27.3 Å². The Balaban J connectivity index is 2.56. The molecular formula is C19H24N2O4S. The molecule has 2 aromatic rings. The maximum atomic E-state index is 13.0. The highest BCUT2D eigenvalue weighted by molar-refractivity contribution is 7.92. The highest BCUT2D eigenvalue weighted by Crippen LogP contribution is 2.32. The summed E-state index contributed by atoms with van der Waals surface area (Å²) in [6, 6.07) is 11.3. The highest BCUT2D eigenvalue weighted by atomic mass is 32.2. The molecule has 2 aromatic carbocycles. The summed E-state index contributed by atoms with van der Waals surface area (Å²) < 4.78 is 34.0. The van der Waals surface area contributed by atoms with Crippen molar-refractivity contribution >= 4 is 21.6 Å². The van der Waals surface area contributed by atoms with Crippen LogP contribution >= 0.6 is 0 Å². The summed E-state index contributed by atoms with van der Waals surface area (Å²) in [5, 5.41) is 0. The molecule has 140 valence electrons. The summed E-state index contributed by atoms with van der Waals surface area (Å²) in [7, 11) is -3.99. The van der Waals surface area contributed by atoms with Crippen molar-refractivity contribution < 1.29 is 17.9 Å². The first-order chi connectivity index (χ1) is 12.1. The highest BCUT2D eigenvalue weighted by Gasteiger charge is 2.25. The molecule has 0 aromatic heterocycles. The second kappa shape index (κ2) is 7.37. The van der Waals surface area contributed by atoms with Gasteiger partial charge in [0.15, 0.2) is 0 Å². The van der Waals surface area contributed by atoms with E-state index in [4.69, 9.17) is 10.5 Å². The Morgan fingerprint density at radius 2 is 1.81 bits per heavy atom. The minimum absolute atomic E-state index is 0.0195. The third-order valence-corrected chi connectivity index (χ3v) is 5.22. The lowest BCUT2D eigenvalue weighted by molar-refractivity contribution is 0.100. The lowest BCUT2D eigenvalue weighted by Gasteiger charge is -2.21. The molecule has 0 heterocycles. The van der Waals surface area contributed by atoms with Gasteiger partial charge in [-0.15, -0.1) is 0 Å². The second-order valence-corrected chi connectivity index (χ2v) is 8.51. The molecule has 1 amide bonds. The molecule has 0 saturated heterocycles. The van der Waals surface area contributed by atoms with Crippen molar-refractivity contribution in [1.29, 1.82) is 0 Å². The number of para-hydroxylation sites is 1. The van der Waals surface area contributed by atoms with Crippen molar-refractivity contribution in [1.82, 2.24) is 0 Å². The van der Waals surface area contributed by atoms with Gasteiger partial charge in [0.05, 0.1) is 17.9 Å². The van der Waals surface area contributed by atoms with Crippen LogP contribution in [0.4, 0.5) is 5.69 Å². The minimum atomic E-state index is -3.99. The van der Waals surface area contributed by atoms with E-state index in [9.17, 15) is 13.2 Å². The average Bonchev–Trinajstić information content (AvgIpc) is 2.54. The molecule has 0 aliphatic carbocycles. The molecule has 7 heteroatoms. The fourth-order valence-electron chi connectivity index (χ4n) is 2.45. The summed E-state index contributed by atoms with van der Waals surface area (Å²) in [6.45, 7) is 8.10. The van der Waals surface area contributed by atoms with Crippen molar-refractivity contribution in [2.45, 2.75) is 38.0 Å². The number of carbonyl (C=O) groups excluding carboxylic acids is 1. The number of rotatable bonds is 6. The maximum absolute atomic E-state index is 13.0. The van der Waals surface area contributed by atoms with Crippen LogP contribution in [-0.4, -0.2) is 20.9 Å². The van der Waals surface area contributed by atoms with Crippen LogP contribution in [0.2, 0.25) is 0 Å². The number of amides is 1. The van der Waals surface area contributed by atoms with E-state index in [1.54, 1.807) is 31.2 Å². The smallest absolute Gasteiger partial charge is 0.265 e. The number of benzene rings is 2. The lowest BCUT2D eigenvalue weighted by Crippen LogP contribution is -2.20. The lowest BCUT2D eigenvalue weighted by atomic mass is 9.87. The Bertz CT molecular complexity index is 915. The molecule has 26 heavy (non-hydrogen) atoms. The molecule has 0 bridgehead atoms. The first kappa shape index (κ1) is 19.8. The monoisotopic (exact) mass is 376 g/mol. The summed E-state index contributed by atoms with van der Waals surface area (Å²) in [4.78, 5) is 11.6. The largest absolute Gasteiger partial charge is 0.492 e. The Hall–Kier alpha value is -2.54. The van der Waals surface area contributed by atoms with E-state index in [1.807, 2.05) is 26.8 Å². The minimum Gasteiger partial charge on any atom is -0.492 e. The molecule has 2 rings (SSSR count). The molecular weight excluding hydrogens is 352 g/mol. The predicted molar refractivity (Wildman–Crippen MR) is 102 cm³/mol. The van der Waals surface area contributed by atoms with Crippen molar-refractivity contribution in [3.8, 4) is 5.75 Å². The van der Waals surface area contributed by atoms with Gasteiger partial charge in [-0.3, -0.25) is 9.52 Å². The fraction of sp³-hybridized carbons (Fsp3) is 0.316. The SMILES string of the molecule is CCOc1ccc(C(C)(C)C)cc1S(=O)(=O)Nc1ccccc1C(N)=O. The summed E-state index contributed by atoms with van der Waals surface area (Å²) in [6.07, 6.45) is 0. The molecule has 0 fully saturated rings. The normalized spacial score (nSPS) is 11.8. The standard InChI is InChI=1S/C19H24N2O4S/c1-5-25-16-11-10-13(19(2,3)4)12-17(16)26(23,24)21-15-9-7-6-8-14(15)18(20)22/h6-12,21H,5H2,1-4H3,(H2,20,22). The second-order valence-electron chi connectivity index (χ2n) is 6.86. The van der Waals surface area contributed by atoms with Gasteiger partial charge in [0.25, 0.3) is 15.9 Å². The Morgan fingerprint density at radius 3 is 2.38 bits per heavy atom. The third-order valence-electron chi connectivity index (χ3n) is 3.84. The van der Waals surface area contributed by atoms with E-state index in [0.717, 1.165) is 5.56 Å². The van der Waals surface area contributed by atoms with Gasteiger partial charge in [-0.05, 0) is 42.2 Å². The quantitative estimate of drug-likeness (QED) is 0.808. The van der Waals surface area contributed by atoms with E-state index >= 15 is 0 Å². The molecule has 0 radical (unpaired) electrons. The number of hydrogen-bond acceptors (Lipinski definition) is 4. The van der Waals surface area contributed by atoms with Gasteiger partial charge < -0.3 is 10.5 Å². The number of hydrogen-bond donors (Lipinski definition) is 2. The van der Waals surface area contributed by atoms with Gasteiger partial charge >= 0.3 is 0 Å². The molecule has 0 aliphatic rings. The number of nitrogens with two attached hydrogens (primary N) is 1. The van der Waals surface area contributed by atoms with Crippen molar-refractivity contribution in [3.05, 3.63) is 53.6 Å². The summed E-state index contributed by atoms with van der Waals surface area (Å²) in [5.74, 6) is -0.457. The van der Waals surface area contributed by atoms with Crippen molar-refractivity contribution in [3.63, 3.8) is 0 Å². The zero-order valence-electron chi connectivity index (χ0n) is 15.4. The summed E-state index contributed by atoms with van der Waals surface area (Å²) in [5.41, 5.74) is 6.17. The predicted octanol–water partition coefficient (Wildman–Crippen LogP) is 3.28. The molecule has 3 N–H and O–H groups in total. The van der Waals surface area contributed by atoms with Crippen LogP contribution in [0.1, 0.15) is 43.6 Å². The third kappa shape index (κ3) is 4.35. The van der Waals surface area contributed by atoms with Crippen LogP contribution in [0.5, 0.6) is 5.75 Å². The molecule has 0 saturated carbocycles. The van der Waals surface area contributed by atoms with E-state index in [0.29, 0.717) is 6.61 Å². The van der Waals surface area contributed by atoms with E-state index in [2.05, 4.69) is 4.72 Å². The van der Waals surface area contributed by atoms with Gasteiger partial charge in [-0.2, -0.15) is 0 Å².